The van der Waals surface area contributed by atoms with Crippen LogP contribution in [-0.4, -0.2) is 78.6 Å². The molecule has 2 aliphatic heterocycles. The predicted octanol–water partition coefficient (Wildman–Crippen LogP) is 2.26. The molecular weight excluding hydrogens is 403 g/mol. The molecule has 2 heterocycles. The van der Waals surface area contributed by atoms with E-state index in [-0.39, 0.29) is 5.91 Å². The average molecular weight is 435 g/mol. The summed E-state index contributed by atoms with van der Waals surface area (Å²) in [6, 6.07) is 0. The normalized spacial score (nSPS) is 22.3. The molecule has 1 spiro atoms. The number of carbonyl (C=O) groups excluding carboxylic acids is 2. The van der Waals surface area contributed by atoms with Gasteiger partial charge >= 0.3 is 12.1 Å². The molecule has 2 amide bonds. The van der Waals surface area contributed by atoms with E-state index < -0.39 is 12.1 Å². The Morgan fingerprint density at radius 2 is 1.60 bits per heavy atom. The Balaban J connectivity index is 0.000000396. The van der Waals surface area contributed by atoms with E-state index in [1.807, 2.05) is 0 Å². The molecule has 2 saturated heterocycles. The zero-order valence-corrected chi connectivity index (χ0v) is 17.5. The molecule has 0 aromatic rings. The largest absolute Gasteiger partial charge is 0.490 e. The number of halogens is 3. The quantitative estimate of drug-likeness (QED) is 0.710. The lowest BCUT2D eigenvalue weighted by Crippen LogP contribution is -2.52. The molecule has 3 rings (SSSR count). The Morgan fingerprint density at radius 3 is 2.10 bits per heavy atom. The van der Waals surface area contributed by atoms with Crippen molar-refractivity contribution in [3.63, 3.8) is 0 Å². The van der Waals surface area contributed by atoms with Crippen LogP contribution in [0.1, 0.15) is 51.4 Å². The van der Waals surface area contributed by atoms with Gasteiger partial charge in [-0.05, 0) is 57.0 Å². The van der Waals surface area contributed by atoms with E-state index in [0.717, 1.165) is 58.3 Å². The third-order valence-corrected chi connectivity index (χ3v) is 6.48. The highest BCUT2D eigenvalue weighted by Gasteiger charge is 2.41. The first-order valence-electron chi connectivity index (χ1n) is 10.6. The number of piperidine rings is 2. The number of amides is 2. The summed E-state index contributed by atoms with van der Waals surface area (Å²) in [7, 11) is 1.70. The van der Waals surface area contributed by atoms with E-state index in [1.165, 1.54) is 19.3 Å². The van der Waals surface area contributed by atoms with E-state index in [1.54, 1.807) is 7.05 Å². The fourth-order valence-corrected chi connectivity index (χ4v) is 4.70. The van der Waals surface area contributed by atoms with Crippen molar-refractivity contribution in [2.45, 2.75) is 57.5 Å². The molecule has 2 N–H and O–H groups in total. The smallest absolute Gasteiger partial charge is 0.475 e. The maximum atomic E-state index is 12.7. The van der Waals surface area contributed by atoms with Gasteiger partial charge in [-0.1, -0.05) is 12.8 Å². The Morgan fingerprint density at radius 1 is 1.03 bits per heavy atom. The summed E-state index contributed by atoms with van der Waals surface area (Å²) < 4.78 is 31.7. The lowest BCUT2D eigenvalue weighted by molar-refractivity contribution is -0.192. The van der Waals surface area contributed by atoms with Gasteiger partial charge in [0.15, 0.2) is 0 Å². The van der Waals surface area contributed by atoms with Crippen LogP contribution in [0.3, 0.4) is 0 Å². The van der Waals surface area contributed by atoms with Gasteiger partial charge in [0.25, 0.3) is 0 Å². The second-order valence-electron chi connectivity index (χ2n) is 8.60. The van der Waals surface area contributed by atoms with Crippen LogP contribution in [0.25, 0.3) is 0 Å². The Bertz CT molecular complexity index is 613. The number of alkyl halides is 3. The number of aliphatic carboxylic acids is 1. The van der Waals surface area contributed by atoms with E-state index in [2.05, 4.69) is 15.1 Å². The number of hydrogen-bond acceptors (Lipinski definition) is 4. The molecule has 30 heavy (non-hydrogen) atoms. The van der Waals surface area contributed by atoms with Crippen molar-refractivity contribution >= 4 is 17.8 Å². The third-order valence-electron chi connectivity index (χ3n) is 6.48. The van der Waals surface area contributed by atoms with Crippen molar-refractivity contribution < 1.29 is 32.7 Å². The van der Waals surface area contributed by atoms with Gasteiger partial charge in [-0.2, -0.15) is 13.2 Å². The third kappa shape index (κ3) is 6.85. The number of likely N-dealkylation sites (tertiary alicyclic amines) is 2. The Labute approximate surface area is 175 Å². The molecule has 0 radical (unpaired) electrons. The number of likely N-dealkylation sites (N-methyl/N-ethyl adjacent to an activating group) is 1. The molecular formula is C20H32F3N3O4. The summed E-state index contributed by atoms with van der Waals surface area (Å²) >= 11 is 0. The van der Waals surface area contributed by atoms with Crippen molar-refractivity contribution in [2.24, 2.45) is 11.3 Å². The van der Waals surface area contributed by atoms with Gasteiger partial charge in [0.1, 0.15) is 0 Å². The molecule has 0 aromatic heterocycles. The van der Waals surface area contributed by atoms with Crippen molar-refractivity contribution in [3.05, 3.63) is 0 Å². The van der Waals surface area contributed by atoms with Gasteiger partial charge in [0.05, 0.1) is 6.54 Å². The highest BCUT2D eigenvalue weighted by molar-refractivity contribution is 5.79. The first-order chi connectivity index (χ1) is 14.1. The second kappa shape index (κ2) is 10.5. The second-order valence-corrected chi connectivity index (χ2v) is 8.60. The molecule has 172 valence electrons. The van der Waals surface area contributed by atoms with Crippen LogP contribution >= 0.6 is 0 Å². The number of carboxylic acids is 1. The van der Waals surface area contributed by atoms with Gasteiger partial charge in [-0.3, -0.25) is 14.5 Å². The fourth-order valence-electron chi connectivity index (χ4n) is 4.70. The maximum Gasteiger partial charge on any atom is 0.490 e. The molecule has 7 nitrogen and oxygen atoms in total. The van der Waals surface area contributed by atoms with Crippen molar-refractivity contribution in [1.82, 2.24) is 15.1 Å². The molecule has 1 saturated carbocycles. The topological polar surface area (TPSA) is 90.0 Å². The minimum absolute atomic E-state index is 0.0997. The van der Waals surface area contributed by atoms with Crippen molar-refractivity contribution in [3.8, 4) is 0 Å². The zero-order valence-electron chi connectivity index (χ0n) is 17.5. The Hall–Kier alpha value is -1.84. The number of carboxylic acid groups (broad SMARTS) is 1. The number of carbonyl (C=O) groups is 3. The van der Waals surface area contributed by atoms with Gasteiger partial charge < -0.3 is 15.3 Å². The molecule has 10 heteroatoms. The standard InChI is InChI=1S/C18H31N3O2.C2HF3O2/c1-19-16(22)13-20-11-8-18(9-12-20)7-4-10-21(14-18)17(23)15-5-2-3-6-15;3-2(4,5)1(6)7/h15H,2-14H2,1H3,(H,19,22);(H,6,7). The van der Waals surface area contributed by atoms with Crippen LogP contribution in [-0.2, 0) is 14.4 Å². The molecule has 0 aromatic carbocycles. The molecule has 3 fully saturated rings. The summed E-state index contributed by atoms with van der Waals surface area (Å²) in [5, 5.41) is 9.83. The van der Waals surface area contributed by atoms with Crippen LogP contribution in [0.5, 0.6) is 0 Å². The minimum Gasteiger partial charge on any atom is -0.475 e. The predicted molar refractivity (Wildman–Crippen MR) is 104 cm³/mol. The number of rotatable bonds is 3. The molecule has 0 bridgehead atoms. The highest BCUT2D eigenvalue weighted by atomic mass is 19.4. The van der Waals surface area contributed by atoms with Gasteiger partial charge in [-0.15, -0.1) is 0 Å². The summed E-state index contributed by atoms with van der Waals surface area (Å²) in [4.78, 5) is 37.6. The lowest BCUT2D eigenvalue weighted by Gasteiger charge is -2.48. The fraction of sp³-hybridized carbons (Fsp3) is 0.850. The van der Waals surface area contributed by atoms with E-state index in [0.29, 0.717) is 23.8 Å². The summed E-state index contributed by atoms with van der Waals surface area (Å²) in [6.07, 6.45) is 4.21. The van der Waals surface area contributed by atoms with Crippen LogP contribution in [0.15, 0.2) is 0 Å². The monoisotopic (exact) mass is 435 g/mol. The summed E-state index contributed by atoms with van der Waals surface area (Å²) in [6.45, 7) is 4.39. The number of nitrogens with zero attached hydrogens (tertiary/aromatic N) is 2. The van der Waals surface area contributed by atoms with Crippen LogP contribution in [0.4, 0.5) is 13.2 Å². The van der Waals surface area contributed by atoms with E-state index >= 15 is 0 Å². The lowest BCUT2D eigenvalue weighted by atomic mass is 9.72. The maximum absolute atomic E-state index is 12.7. The van der Waals surface area contributed by atoms with Gasteiger partial charge in [-0.25, -0.2) is 4.79 Å². The van der Waals surface area contributed by atoms with E-state index in [9.17, 15) is 22.8 Å². The number of nitrogens with one attached hydrogen (secondary N) is 1. The van der Waals surface area contributed by atoms with Gasteiger partial charge in [0.2, 0.25) is 11.8 Å². The van der Waals surface area contributed by atoms with Crippen LogP contribution in [0, 0.1) is 11.3 Å². The highest BCUT2D eigenvalue weighted by Crippen LogP contribution is 2.40. The molecule has 0 unspecified atom stereocenters. The first kappa shape index (κ1) is 24.4. The van der Waals surface area contributed by atoms with Crippen molar-refractivity contribution in [1.29, 1.82) is 0 Å². The van der Waals surface area contributed by atoms with Gasteiger partial charge in [0, 0.05) is 26.1 Å². The zero-order chi connectivity index (χ0) is 22.4. The van der Waals surface area contributed by atoms with Crippen LogP contribution in [0.2, 0.25) is 0 Å². The molecule has 1 aliphatic carbocycles. The minimum atomic E-state index is -5.08. The molecule has 3 aliphatic rings. The molecule has 0 atom stereocenters. The summed E-state index contributed by atoms with van der Waals surface area (Å²) in [5.41, 5.74) is 0.311. The SMILES string of the molecule is CNC(=O)CN1CCC2(CCCN(C(=O)C3CCCC3)C2)CC1.O=C(O)C(F)(F)F. The number of hydrogen-bond donors (Lipinski definition) is 2. The average Bonchev–Trinajstić information content (AvgIpc) is 3.24. The van der Waals surface area contributed by atoms with E-state index in [4.69, 9.17) is 9.90 Å². The van der Waals surface area contributed by atoms with Crippen LogP contribution < -0.4 is 5.32 Å². The Kier molecular flexibility index (Phi) is 8.52. The van der Waals surface area contributed by atoms with Crippen molar-refractivity contribution in [2.75, 3.05) is 39.8 Å². The first-order valence-corrected chi connectivity index (χ1v) is 10.6. The summed E-state index contributed by atoms with van der Waals surface area (Å²) in [5.74, 6) is -1.93.